The van der Waals surface area contributed by atoms with E-state index in [0.717, 1.165) is 12.1 Å². The third-order valence-corrected chi connectivity index (χ3v) is 1.21. The summed E-state index contributed by atoms with van der Waals surface area (Å²) in [6.45, 7) is 6.74. The summed E-state index contributed by atoms with van der Waals surface area (Å²) in [6, 6.07) is 0. The molecular weight excluding hydrogens is 102 g/mol. The number of hydrogen-bond donors (Lipinski definition) is 1. The van der Waals surface area contributed by atoms with Crippen molar-refractivity contribution in [3.63, 3.8) is 0 Å². The van der Waals surface area contributed by atoms with E-state index in [4.69, 9.17) is 0 Å². The van der Waals surface area contributed by atoms with E-state index in [0.29, 0.717) is 0 Å². The minimum absolute atomic E-state index is 0.931. The van der Waals surface area contributed by atoms with E-state index in [2.05, 4.69) is 19.2 Å². The smallest absolute Gasteiger partial charge is 0.00799 e. The first-order valence-corrected chi connectivity index (χ1v) is 4.13. The lowest BCUT2D eigenvalue weighted by atomic mass is 10.5. The molecule has 0 aromatic heterocycles. The molecule has 0 heterocycles. The minimum Gasteiger partial charge on any atom is -0.317 e. The van der Waals surface area contributed by atoms with Crippen molar-refractivity contribution < 1.29 is 0 Å². The van der Waals surface area contributed by atoms with E-state index in [1.165, 1.54) is 16.8 Å². The molecule has 1 nitrogen and oxygen atoms in total. The fourth-order valence-corrected chi connectivity index (χ4v) is 0.722. The summed E-state index contributed by atoms with van der Waals surface area (Å²) in [5, 5.41) is 3.28. The maximum Gasteiger partial charge on any atom is 0.00799 e. The first-order chi connectivity index (χ1) is 3.27. The van der Waals surface area contributed by atoms with E-state index in [9.17, 15) is 0 Å². The molecule has 0 amide bonds. The standard InChI is InChI=1S/C5H15NSi/c1-3-6-4-5(2)7/h5-6H,3-4H2,1-2,7H3. The van der Waals surface area contributed by atoms with Gasteiger partial charge in [0, 0.05) is 10.2 Å². The van der Waals surface area contributed by atoms with Gasteiger partial charge in [-0.2, -0.15) is 0 Å². The zero-order valence-electron chi connectivity index (χ0n) is 5.49. The molecule has 1 atom stereocenters. The molecule has 0 aliphatic heterocycles. The van der Waals surface area contributed by atoms with Crippen molar-refractivity contribution in [3.8, 4) is 0 Å². The van der Waals surface area contributed by atoms with Gasteiger partial charge in [0.05, 0.1) is 0 Å². The van der Waals surface area contributed by atoms with Crippen LogP contribution in [0.1, 0.15) is 13.8 Å². The highest BCUT2D eigenvalue weighted by Crippen LogP contribution is 1.88. The highest BCUT2D eigenvalue weighted by molar-refractivity contribution is 6.11. The number of nitrogens with one attached hydrogen (secondary N) is 1. The van der Waals surface area contributed by atoms with Crippen LogP contribution in [0, 0.1) is 0 Å². The van der Waals surface area contributed by atoms with Crippen LogP contribution in [-0.2, 0) is 0 Å². The summed E-state index contributed by atoms with van der Waals surface area (Å²) in [5.74, 6) is 0. The topological polar surface area (TPSA) is 12.0 Å². The van der Waals surface area contributed by atoms with Gasteiger partial charge in [-0.3, -0.25) is 0 Å². The molecule has 0 saturated carbocycles. The summed E-state index contributed by atoms with van der Waals surface area (Å²) < 4.78 is 0. The molecule has 0 aromatic carbocycles. The molecule has 0 spiro atoms. The van der Waals surface area contributed by atoms with Gasteiger partial charge < -0.3 is 5.32 Å². The van der Waals surface area contributed by atoms with Crippen molar-refractivity contribution in [2.24, 2.45) is 0 Å². The normalized spacial score (nSPS) is 14.6. The maximum absolute atomic E-state index is 3.28. The molecule has 2 heteroatoms. The van der Waals surface area contributed by atoms with Crippen molar-refractivity contribution >= 4 is 10.2 Å². The van der Waals surface area contributed by atoms with Gasteiger partial charge in [0.1, 0.15) is 0 Å². The lowest BCUT2D eigenvalue weighted by Gasteiger charge is -2.01. The Bertz CT molecular complexity index is 37.1. The molecule has 0 aliphatic rings. The van der Waals surface area contributed by atoms with Crippen molar-refractivity contribution in [3.05, 3.63) is 0 Å². The Morgan fingerprint density at radius 2 is 2.29 bits per heavy atom. The molecule has 0 rings (SSSR count). The van der Waals surface area contributed by atoms with Crippen molar-refractivity contribution in [2.45, 2.75) is 19.4 Å². The number of rotatable bonds is 3. The molecule has 1 unspecified atom stereocenters. The van der Waals surface area contributed by atoms with Crippen LogP contribution in [0.2, 0.25) is 5.54 Å². The Morgan fingerprint density at radius 1 is 1.71 bits per heavy atom. The van der Waals surface area contributed by atoms with Crippen LogP contribution >= 0.6 is 0 Å². The van der Waals surface area contributed by atoms with Gasteiger partial charge in [-0.15, -0.1) is 0 Å². The van der Waals surface area contributed by atoms with Crippen LogP contribution in [0.4, 0.5) is 0 Å². The molecule has 0 radical (unpaired) electrons. The fourth-order valence-electron chi connectivity index (χ4n) is 0.433. The third kappa shape index (κ3) is 6.18. The van der Waals surface area contributed by atoms with Gasteiger partial charge in [0.25, 0.3) is 0 Å². The Hall–Kier alpha value is 0.177. The molecule has 0 aromatic rings. The van der Waals surface area contributed by atoms with Crippen LogP contribution in [0.25, 0.3) is 0 Å². The zero-order valence-corrected chi connectivity index (χ0v) is 7.49. The summed E-state index contributed by atoms with van der Waals surface area (Å²) in [6.07, 6.45) is 0. The lowest BCUT2D eigenvalue weighted by molar-refractivity contribution is 0.702. The van der Waals surface area contributed by atoms with Gasteiger partial charge in [-0.25, -0.2) is 0 Å². The largest absolute Gasteiger partial charge is 0.317 e. The van der Waals surface area contributed by atoms with E-state index in [1.807, 2.05) is 0 Å². The van der Waals surface area contributed by atoms with Crippen LogP contribution in [0.3, 0.4) is 0 Å². The van der Waals surface area contributed by atoms with Gasteiger partial charge in [-0.05, 0) is 18.6 Å². The fraction of sp³-hybridized carbons (Fsp3) is 1.00. The Balaban J connectivity index is 2.68. The van der Waals surface area contributed by atoms with E-state index in [1.54, 1.807) is 0 Å². The molecular formula is C5H15NSi. The van der Waals surface area contributed by atoms with Gasteiger partial charge in [0.15, 0.2) is 0 Å². The van der Waals surface area contributed by atoms with Crippen molar-refractivity contribution in [1.29, 1.82) is 0 Å². The highest BCUT2D eigenvalue weighted by atomic mass is 28.1. The number of hydrogen-bond acceptors (Lipinski definition) is 1. The summed E-state index contributed by atoms with van der Waals surface area (Å²) >= 11 is 0. The van der Waals surface area contributed by atoms with Crippen LogP contribution in [0.15, 0.2) is 0 Å². The molecule has 44 valence electrons. The summed E-state index contributed by atoms with van der Waals surface area (Å²) in [4.78, 5) is 0. The first-order valence-electron chi connectivity index (χ1n) is 2.98. The van der Waals surface area contributed by atoms with Gasteiger partial charge in [0.2, 0.25) is 0 Å². The van der Waals surface area contributed by atoms with E-state index >= 15 is 0 Å². The zero-order chi connectivity index (χ0) is 5.70. The molecule has 0 saturated heterocycles. The molecule has 0 aliphatic carbocycles. The SMILES string of the molecule is CCNCC(C)[SiH3]. The average molecular weight is 117 g/mol. The van der Waals surface area contributed by atoms with Crippen LogP contribution < -0.4 is 5.32 Å². The van der Waals surface area contributed by atoms with Crippen LogP contribution in [0.5, 0.6) is 0 Å². The Kier molecular flexibility index (Phi) is 4.45. The van der Waals surface area contributed by atoms with Crippen molar-refractivity contribution in [1.82, 2.24) is 5.32 Å². The average Bonchev–Trinajstić information content (AvgIpc) is 1.61. The molecule has 0 bridgehead atoms. The van der Waals surface area contributed by atoms with E-state index < -0.39 is 0 Å². The summed E-state index contributed by atoms with van der Waals surface area (Å²) in [5.41, 5.74) is 0.931. The highest BCUT2D eigenvalue weighted by Gasteiger charge is 1.87. The maximum atomic E-state index is 3.28. The van der Waals surface area contributed by atoms with Gasteiger partial charge in [-0.1, -0.05) is 13.8 Å². The predicted octanol–water partition coefficient (Wildman–Crippen LogP) is -0.230. The molecule has 7 heavy (non-hydrogen) atoms. The molecule has 1 N–H and O–H groups in total. The van der Waals surface area contributed by atoms with E-state index in [-0.39, 0.29) is 0 Å². The predicted molar refractivity (Wildman–Crippen MR) is 37.9 cm³/mol. The molecule has 0 fully saturated rings. The minimum atomic E-state index is 0.931. The summed E-state index contributed by atoms with van der Waals surface area (Å²) in [7, 11) is 1.32. The van der Waals surface area contributed by atoms with Crippen molar-refractivity contribution in [2.75, 3.05) is 13.1 Å². The first kappa shape index (κ1) is 7.18. The second-order valence-corrected chi connectivity index (χ2v) is 4.17. The quantitative estimate of drug-likeness (QED) is 0.504. The second-order valence-electron chi connectivity index (χ2n) is 2.20. The Morgan fingerprint density at radius 3 is 2.43 bits per heavy atom. The van der Waals surface area contributed by atoms with Crippen LogP contribution in [-0.4, -0.2) is 23.3 Å². The van der Waals surface area contributed by atoms with Gasteiger partial charge >= 0.3 is 0 Å². The monoisotopic (exact) mass is 117 g/mol. The second kappa shape index (κ2) is 4.34. The Labute approximate surface area is 48.9 Å². The third-order valence-electron chi connectivity index (χ3n) is 0.803. The lowest BCUT2D eigenvalue weighted by Crippen LogP contribution is -2.17.